The largest absolute Gasteiger partial charge is 0.454 e. The minimum absolute atomic E-state index is 0.0174. The van der Waals surface area contributed by atoms with Crippen LogP contribution in [0, 0.1) is 105 Å². The Hall–Kier alpha value is -2.70. The zero-order valence-corrected chi connectivity index (χ0v) is 48.1. The summed E-state index contributed by atoms with van der Waals surface area (Å²) < 4.78 is 14.2. The number of aliphatic hydroxyl groups is 5. The van der Waals surface area contributed by atoms with Gasteiger partial charge in [-0.15, -0.1) is 0 Å². The van der Waals surface area contributed by atoms with Crippen molar-refractivity contribution in [2.45, 2.75) is 189 Å². The smallest absolute Gasteiger partial charge is 0.331 e. The molecule has 14 aliphatic rings. The number of likely N-dealkylation sites (N-methyl/N-ethyl adjacent to an activating group) is 1. The SMILES string of the molecule is CNC1Cc2c(cccc2CO)C#CCCC23CCC4C5(C=O)CC67C(CC8CSSCC9CCC(C9)C(C)C9CCC(C6O8)C5(O)C(C9)C(O)C4(O)C2(O)CC2CC1C1OC(=O)C=C1C23)CC1CC(c2ccccc2)CCC17. The molecular weight excluding hydrogens is 1030 g/mol. The molecule has 16 rings (SSSR count). The van der Waals surface area contributed by atoms with Crippen molar-refractivity contribution in [3.05, 3.63) is 82.4 Å². The average Bonchev–Trinajstić information content (AvgIpc) is 1.71. The molecular formula is C67H85NO9S2. The average molecular weight is 1110 g/mol. The maximum Gasteiger partial charge on any atom is 0.331 e. The Kier molecular flexibility index (Phi) is 12.9. The molecule has 9 saturated carbocycles. The van der Waals surface area contributed by atoms with Crippen LogP contribution in [-0.4, -0.2) is 104 Å². The predicted octanol–water partition coefficient (Wildman–Crippen LogP) is 9.36. The van der Waals surface area contributed by atoms with E-state index in [0.717, 1.165) is 78.6 Å². The fourth-order valence-corrected chi connectivity index (χ4v) is 26.4. The Bertz CT molecular complexity index is 2860. The van der Waals surface area contributed by atoms with E-state index < -0.39 is 63.0 Å². The number of nitrogens with one attached hydrogen (secondary N) is 1. The molecule has 12 heteroatoms. The number of rotatable bonds is 4. The first-order chi connectivity index (χ1) is 38.3. The predicted molar refractivity (Wildman–Crippen MR) is 305 cm³/mol. The molecule has 6 N–H and O–H groups in total. The van der Waals surface area contributed by atoms with Crippen molar-refractivity contribution in [3.8, 4) is 11.8 Å². The topological polar surface area (TPSA) is 166 Å². The first-order valence-corrected chi connectivity index (χ1v) is 33.8. The minimum atomic E-state index is -2.19. The van der Waals surface area contributed by atoms with Crippen LogP contribution in [0.3, 0.4) is 0 Å². The monoisotopic (exact) mass is 1110 g/mol. The molecule has 10 nitrogen and oxygen atoms in total. The van der Waals surface area contributed by atoms with Gasteiger partial charge in [-0.05, 0) is 210 Å². The van der Waals surface area contributed by atoms with E-state index in [1.165, 1.54) is 24.8 Å². The van der Waals surface area contributed by atoms with E-state index in [0.29, 0.717) is 87.4 Å². The minimum Gasteiger partial charge on any atom is -0.454 e. The standard InChI is InChI=1S/C67H85NO9S2/c1-37-41-15-14-38(23-41)33-78-79-34-48-28-47-25-45-24-43(39-9-4-3-5-10-39)17-18-52(45)64(47)35-63(36-70)56-20-22-62-21-7-6-11-40-12-8-13-44(32-69)49(40)29-55(68-2)50-26-46(58(62)51-30-57(71)77-59(50)51)31-65(62,73)67(56,75)60(72)54-27-42(37)16-19-53(61(64)76-48)66(54,63)74/h3-5,8-10,12-13,30,36-38,41-43,45-48,50,52-56,58-61,68-69,72-75H,7,14-29,31-35H2,1-2H3. The van der Waals surface area contributed by atoms with Crippen molar-refractivity contribution in [2.75, 3.05) is 18.6 Å². The lowest BCUT2D eigenvalue weighted by atomic mass is 9.31. The molecule has 2 saturated heterocycles. The highest BCUT2D eigenvalue weighted by Gasteiger charge is 2.88. The summed E-state index contributed by atoms with van der Waals surface area (Å²) in [5.41, 5.74) is -3.85. The fourth-order valence-electron chi connectivity index (χ4n) is 23.8. The van der Waals surface area contributed by atoms with Crippen molar-refractivity contribution in [2.24, 2.45) is 93.2 Å². The van der Waals surface area contributed by atoms with E-state index in [2.05, 4.69) is 54.4 Å². The first-order valence-electron chi connectivity index (χ1n) is 31.3. The maximum absolute atomic E-state index is 15.7. The molecule has 25 atom stereocenters. The fraction of sp³-hybridized carbons (Fsp3) is 0.731. The Morgan fingerprint density at radius 3 is 2.46 bits per heavy atom. The number of carbonyl (C=O) groups is 2. The van der Waals surface area contributed by atoms with Gasteiger partial charge in [0.2, 0.25) is 0 Å². The van der Waals surface area contributed by atoms with Crippen LogP contribution >= 0.6 is 21.6 Å². The molecule has 3 heterocycles. The molecule has 11 aliphatic carbocycles. The number of benzene rings is 2. The zero-order chi connectivity index (χ0) is 54.0. The van der Waals surface area contributed by atoms with Crippen LogP contribution in [0.15, 0.2) is 60.2 Å². The summed E-state index contributed by atoms with van der Waals surface area (Å²) in [6, 6.07) is 16.8. The van der Waals surface area contributed by atoms with E-state index >= 15 is 15.0 Å². The van der Waals surface area contributed by atoms with Gasteiger partial charge in [0.1, 0.15) is 23.6 Å². The molecule has 2 aromatic rings. The van der Waals surface area contributed by atoms with Gasteiger partial charge in [0, 0.05) is 70.1 Å². The molecule has 79 heavy (non-hydrogen) atoms. The highest BCUT2D eigenvalue weighted by Crippen LogP contribution is 2.81. The van der Waals surface area contributed by atoms with E-state index in [4.69, 9.17) is 9.47 Å². The third kappa shape index (κ3) is 7.12. The first kappa shape index (κ1) is 53.1. The third-order valence-electron chi connectivity index (χ3n) is 26.7. The summed E-state index contributed by atoms with van der Waals surface area (Å²) in [4.78, 5) is 29.6. The number of hydrogen-bond donors (Lipinski definition) is 6. The van der Waals surface area contributed by atoms with Gasteiger partial charge in [0.15, 0.2) is 0 Å². The van der Waals surface area contributed by atoms with Crippen molar-refractivity contribution >= 4 is 33.8 Å². The Morgan fingerprint density at radius 2 is 1.63 bits per heavy atom. The number of fused-ring (bicyclic) bond motifs is 12. The number of aliphatic hydroxyl groups excluding tert-OH is 2. The lowest BCUT2D eigenvalue weighted by Crippen LogP contribution is -2.87. The van der Waals surface area contributed by atoms with Crippen LogP contribution in [0.1, 0.15) is 151 Å². The number of hydrogen-bond acceptors (Lipinski definition) is 12. The Labute approximate surface area is 476 Å². The van der Waals surface area contributed by atoms with Gasteiger partial charge in [-0.25, -0.2) is 4.79 Å². The summed E-state index contributed by atoms with van der Waals surface area (Å²) >= 11 is 0. The number of ether oxygens (including phenoxy) is 2. The van der Waals surface area contributed by atoms with E-state index in [1.807, 2.05) is 46.8 Å². The molecule has 11 fully saturated rings. The van der Waals surface area contributed by atoms with Gasteiger partial charge < -0.3 is 45.1 Å². The molecule has 2 spiro atoms. The third-order valence-corrected chi connectivity index (χ3v) is 29.3. The van der Waals surface area contributed by atoms with E-state index in [9.17, 15) is 20.1 Å². The molecule has 3 aliphatic heterocycles. The van der Waals surface area contributed by atoms with Crippen LogP contribution in [0.25, 0.3) is 0 Å². The zero-order valence-electron chi connectivity index (χ0n) is 46.5. The van der Waals surface area contributed by atoms with Crippen molar-refractivity contribution in [1.82, 2.24) is 5.32 Å². The second kappa shape index (κ2) is 19.2. The van der Waals surface area contributed by atoms with Gasteiger partial charge in [0.25, 0.3) is 0 Å². The molecule has 424 valence electrons. The van der Waals surface area contributed by atoms with Gasteiger partial charge in [-0.3, -0.25) is 0 Å². The molecule has 25 unspecified atom stereocenters. The normalized spacial score (nSPS) is 51.8. The second-order valence-corrected chi connectivity index (χ2v) is 31.3. The summed E-state index contributed by atoms with van der Waals surface area (Å²) in [5, 5.41) is 73.6. The van der Waals surface area contributed by atoms with Crippen molar-refractivity contribution in [3.63, 3.8) is 0 Å². The van der Waals surface area contributed by atoms with E-state index in [-0.39, 0.29) is 72.8 Å². The Morgan fingerprint density at radius 1 is 0.823 bits per heavy atom. The van der Waals surface area contributed by atoms with Gasteiger partial charge >= 0.3 is 5.97 Å². The maximum atomic E-state index is 15.7. The van der Waals surface area contributed by atoms with Crippen LogP contribution in [0.5, 0.6) is 0 Å². The van der Waals surface area contributed by atoms with Gasteiger partial charge in [-0.2, -0.15) is 0 Å². The van der Waals surface area contributed by atoms with Gasteiger partial charge in [0.05, 0.1) is 35.9 Å². The number of esters is 1. The molecule has 0 amide bonds. The van der Waals surface area contributed by atoms with Crippen LogP contribution in [-0.2, 0) is 32.1 Å². The highest BCUT2D eigenvalue weighted by molar-refractivity contribution is 8.76. The van der Waals surface area contributed by atoms with Crippen molar-refractivity contribution < 1.29 is 44.6 Å². The molecule has 10 bridgehead atoms. The van der Waals surface area contributed by atoms with Crippen LogP contribution in [0.4, 0.5) is 0 Å². The van der Waals surface area contributed by atoms with Crippen molar-refractivity contribution in [1.29, 1.82) is 0 Å². The summed E-state index contributed by atoms with van der Waals surface area (Å²) in [5.74, 6) is 8.77. The quantitative estimate of drug-likeness (QED) is 0.0745. The summed E-state index contributed by atoms with van der Waals surface area (Å²) in [6.45, 7) is 2.31. The number of aldehydes is 1. The van der Waals surface area contributed by atoms with E-state index in [1.54, 1.807) is 6.08 Å². The molecule has 0 radical (unpaired) electrons. The lowest BCUT2D eigenvalue weighted by molar-refractivity contribution is -0.394. The lowest BCUT2D eigenvalue weighted by Gasteiger charge is -2.76. The molecule has 2 aromatic carbocycles. The summed E-state index contributed by atoms with van der Waals surface area (Å²) in [6.07, 6.45) is 14.5. The summed E-state index contributed by atoms with van der Waals surface area (Å²) in [7, 11) is 5.96. The molecule has 0 aromatic heterocycles. The Balaban J connectivity index is 0.913. The van der Waals surface area contributed by atoms with Crippen LogP contribution < -0.4 is 5.32 Å². The van der Waals surface area contributed by atoms with Crippen LogP contribution in [0.2, 0.25) is 0 Å². The second-order valence-electron chi connectivity index (χ2n) is 28.8. The highest BCUT2D eigenvalue weighted by atomic mass is 33.1. The number of carbonyl (C=O) groups excluding carboxylic acids is 2. The van der Waals surface area contributed by atoms with Gasteiger partial charge in [-0.1, -0.05) is 82.8 Å².